The fourth-order valence-electron chi connectivity index (χ4n) is 3.51. The van der Waals surface area contributed by atoms with E-state index in [0.717, 1.165) is 6.42 Å². The predicted octanol–water partition coefficient (Wildman–Crippen LogP) is 4.78. The monoisotopic (exact) mass is 433 g/mol. The molecule has 0 spiro atoms. The zero-order valence-corrected chi connectivity index (χ0v) is 17.0. The van der Waals surface area contributed by atoms with Crippen molar-refractivity contribution in [3.63, 3.8) is 0 Å². The van der Waals surface area contributed by atoms with E-state index in [1.54, 1.807) is 34.9 Å². The Morgan fingerprint density at radius 3 is 2.73 bits per heavy atom. The number of carboxylic acid groups (broad SMARTS) is 1. The number of halogens is 2. The molecule has 0 saturated carbocycles. The molecule has 1 atom stereocenters. The topological polar surface area (TPSA) is 88.8 Å². The third kappa shape index (κ3) is 4.47. The van der Waals surface area contributed by atoms with Crippen molar-refractivity contribution in [2.24, 2.45) is 0 Å². The summed E-state index contributed by atoms with van der Waals surface area (Å²) < 4.78 is 20.6. The van der Waals surface area contributed by atoms with Crippen LogP contribution in [0.2, 0.25) is 5.02 Å². The Labute approximate surface area is 177 Å². The van der Waals surface area contributed by atoms with Gasteiger partial charge in [0.05, 0.1) is 29.4 Å². The van der Waals surface area contributed by atoms with Crippen molar-refractivity contribution < 1.29 is 24.1 Å². The number of hydrogen-bond acceptors (Lipinski definition) is 4. The smallest absolute Gasteiger partial charge is 0.449 e. The van der Waals surface area contributed by atoms with E-state index >= 15 is 0 Å². The molecule has 3 aromatic rings. The Morgan fingerprint density at radius 2 is 2.07 bits per heavy atom. The van der Waals surface area contributed by atoms with Gasteiger partial charge in [0, 0.05) is 11.8 Å². The molecule has 0 radical (unpaired) electrons. The van der Waals surface area contributed by atoms with E-state index in [-0.39, 0.29) is 35.2 Å². The molecule has 0 aliphatic rings. The summed E-state index contributed by atoms with van der Waals surface area (Å²) in [4.78, 5) is 23.9. The first-order valence-corrected chi connectivity index (χ1v) is 9.85. The Bertz CT molecular complexity index is 1140. The van der Waals surface area contributed by atoms with Gasteiger partial charge >= 0.3 is 6.16 Å². The van der Waals surface area contributed by atoms with Crippen LogP contribution in [0.25, 0.3) is 10.9 Å². The normalized spacial score (nSPS) is 12.1. The Hall–Kier alpha value is -2.90. The lowest BCUT2D eigenvalue weighted by Gasteiger charge is -2.21. The van der Waals surface area contributed by atoms with Crippen LogP contribution in [0.3, 0.4) is 0 Å². The van der Waals surface area contributed by atoms with Gasteiger partial charge in [0.2, 0.25) is 5.43 Å². The minimum absolute atomic E-state index is 0.0122. The second kappa shape index (κ2) is 9.28. The lowest BCUT2D eigenvalue weighted by molar-refractivity contribution is 0.143. The third-order valence-electron chi connectivity index (χ3n) is 4.91. The number of pyridine rings is 1. The van der Waals surface area contributed by atoms with E-state index in [0.29, 0.717) is 23.1 Å². The summed E-state index contributed by atoms with van der Waals surface area (Å²) in [6, 6.07) is 9.40. The van der Waals surface area contributed by atoms with Gasteiger partial charge in [0.25, 0.3) is 0 Å². The van der Waals surface area contributed by atoms with Crippen LogP contribution in [0.5, 0.6) is 5.75 Å². The molecular formula is C22H21ClFNO5. The number of aromatic nitrogens is 1. The second-order valence-electron chi connectivity index (χ2n) is 6.96. The third-order valence-corrected chi connectivity index (χ3v) is 5.21. The minimum Gasteiger partial charge on any atom is -0.449 e. The van der Waals surface area contributed by atoms with Gasteiger partial charge in [-0.25, -0.2) is 9.18 Å². The number of carbonyl (C=O) groups is 1. The van der Waals surface area contributed by atoms with Crippen LogP contribution in [0, 0.1) is 5.82 Å². The molecule has 0 unspecified atom stereocenters. The number of hydrogen-bond donors (Lipinski definition) is 2. The largest absolute Gasteiger partial charge is 0.511 e. The molecule has 1 aromatic heterocycles. The van der Waals surface area contributed by atoms with E-state index in [9.17, 15) is 19.1 Å². The van der Waals surface area contributed by atoms with Crippen LogP contribution in [0.1, 0.15) is 36.9 Å². The lowest BCUT2D eigenvalue weighted by Crippen LogP contribution is -2.20. The summed E-state index contributed by atoms with van der Waals surface area (Å²) >= 11 is 5.85. The molecule has 0 aliphatic heterocycles. The van der Waals surface area contributed by atoms with Gasteiger partial charge in [-0.05, 0) is 35.7 Å². The first-order valence-electron chi connectivity index (χ1n) is 9.48. The molecule has 0 amide bonds. The van der Waals surface area contributed by atoms with Gasteiger partial charge in [0.15, 0.2) is 5.75 Å². The molecule has 6 nitrogen and oxygen atoms in total. The number of fused-ring (bicyclic) bond motifs is 1. The van der Waals surface area contributed by atoms with Crippen molar-refractivity contribution in [2.75, 3.05) is 6.61 Å². The summed E-state index contributed by atoms with van der Waals surface area (Å²) in [6.07, 6.45) is 1.30. The van der Waals surface area contributed by atoms with Crippen LogP contribution in [-0.4, -0.2) is 27.5 Å². The zero-order chi connectivity index (χ0) is 21.8. The van der Waals surface area contributed by atoms with E-state index in [2.05, 4.69) is 4.74 Å². The average Bonchev–Trinajstić information content (AvgIpc) is 2.72. The number of aliphatic hydroxyl groups is 1. The van der Waals surface area contributed by atoms with Gasteiger partial charge in [-0.2, -0.15) is 0 Å². The molecule has 30 heavy (non-hydrogen) atoms. The molecular weight excluding hydrogens is 413 g/mol. The number of nitrogens with zero attached hydrogens (tertiary/aromatic N) is 1. The molecule has 0 aliphatic carbocycles. The zero-order valence-electron chi connectivity index (χ0n) is 16.3. The van der Waals surface area contributed by atoms with Crippen molar-refractivity contribution in [2.45, 2.75) is 32.2 Å². The molecule has 2 aromatic carbocycles. The van der Waals surface area contributed by atoms with Gasteiger partial charge in [-0.1, -0.05) is 43.1 Å². The highest BCUT2D eigenvalue weighted by Crippen LogP contribution is 2.26. The molecule has 158 valence electrons. The average molecular weight is 434 g/mol. The maximum Gasteiger partial charge on any atom is 0.511 e. The molecule has 3 rings (SSSR count). The summed E-state index contributed by atoms with van der Waals surface area (Å²) in [5, 5.41) is 19.0. The van der Waals surface area contributed by atoms with Crippen LogP contribution in [0.4, 0.5) is 9.18 Å². The number of ether oxygens (including phenoxy) is 1. The minimum atomic E-state index is -1.61. The van der Waals surface area contributed by atoms with Crippen molar-refractivity contribution >= 4 is 28.7 Å². The molecule has 8 heteroatoms. The highest BCUT2D eigenvalue weighted by Gasteiger charge is 2.18. The van der Waals surface area contributed by atoms with Crippen molar-refractivity contribution in [3.8, 4) is 5.75 Å². The molecule has 2 N–H and O–H groups in total. The summed E-state index contributed by atoms with van der Waals surface area (Å²) in [6.45, 7) is 1.77. The maximum atomic E-state index is 14.3. The van der Waals surface area contributed by atoms with E-state index < -0.39 is 17.4 Å². The Kier molecular flexibility index (Phi) is 6.74. The van der Waals surface area contributed by atoms with Crippen LogP contribution in [0.15, 0.2) is 47.4 Å². The standard InChI is InChI=1S/C22H21ClFNO5/c1-2-4-15(12-26)25-11-19(30-22(28)29)21(27)16-10-13(7-8-18(16)25)9-14-5-3-6-17(23)20(14)24/h3,5-8,10-11,15,26H,2,4,9,12H2,1H3,(H,28,29)/t15-/m0/s1. The number of aliphatic hydroxyl groups excluding tert-OH is 1. The van der Waals surface area contributed by atoms with Gasteiger partial charge in [-0.3, -0.25) is 4.79 Å². The summed E-state index contributed by atoms with van der Waals surface area (Å²) in [5.74, 6) is -0.876. The van der Waals surface area contributed by atoms with Crippen molar-refractivity contribution in [1.29, 1.82) is 0 Å². The lowest BCUT2D eigenvalue weighted by atomic mass is 10.0. The fraction of sp³-hybridized carbons (Fsp3) is 0.273. The molecule has 1 heterocycles. The highest BCUT2D eigenvalue weighted by atomic mass is 35.5. The van der Waals surface area contributed by atoms with Gasteiger partial charge < -0.3 is 19.5 Å². The van der Waals surface area contributed by atoms with Crippen LogP contribution < -0.4 is 10.2 Å². The van der Waals surface area contributed by atoms with Gasteiger partial charge in [0.1, 0.15) is 5.82 Å². The first-order chi connectivity index (χ1) is 14.3. The maximum absolute atomic E-state index is 14.3. The molecule has 0 saturated heterocycles. The van der Waals surface area contributed by atoms with Gasteiger partial charge in [-0.15, -0.1) is 0 Å². The second-order valence-corrected chi connectivity index (χ2v) is 7.37. The predicted molar refractivity (Wildman–Crippen MR) is 112 cm³/mol. The molecule has 0 fully saturated rings. The van der Waals surface area contributed by atoms with E-state index in [1.807, 2.05) is 6.92 Å². The van der Waals surface area contributed by atoms with Crippen LogP contribution >= 0.6 is 11.6 Å². The fourth-order valence-corrected chi connectivity index (χ4v) is 3.71. The van der Waals surface area contributed by atoms with Crippen molar-refractivity contribution in [3.05, 3.63) is 74.8 Å². The van der Waals surface area contributed by atoms with Crippen LogP contribution in [-0.2, 0) is 6.42 Å². The quantitative estimate of drug-likeness (QED) is 0.524. The highest BCUT2D eigenvalue weighted by molar-refractivity contribution is 6.30. The Balaban J connectivity index is 2.16. The SMILES string of the molecule is CCC[C@@H](CO)n1cc(OC(=O)O)c(=O)c2cc(Cc3cccc(Cl)c3F)ccc21. The van der Waals surface area contributed by atoms with E-state index in [4.69, 9.17) is 16.7 Å². The number of benzene rings is 2. The molecule has 0 bridgehead atoms. The number of rotatable bonds is 7. The Morgan fingerprint density at radius 1 is 1.30 bits per heavy atom. The van der Waals surface area contributed by atoms with E-state index in [1.165, 1.54) is 12.3 Å². The van der Waals surface area contributed by atoms with Crippen molar-refractivity contribution in [1.82, 2.24) is 4.57 Å². The summed E-state index contributed by atoms with van der Waals surface area (Å²) in [7, 11) is 0. The first kappa shape index (κ1) is 21.8. The summed E-state index contributed by atoms with van der Waals surface area (Å²) in [5.41, 5.74) is 0.959.